The van der Waals surface area contributed by atoms with Crippen LogP contribution < -0.4 is 4.90 Å². The van der Waals surface area contributed by atoms with Crippen molar-refractivity contribution in [2.45, 2.75) is 26.4 Å². The molecule has 0 bridgehead atoms. The lowest BCUT2D eigenvalue weighted by atomic mass is 10.2. The molecule has 1 heterocycles. The lowest BCUT2D eigenvalue weighted by molar-refractivity contribution is -0.384. The number of anilines is 1. The molecule has 1 amide bonds. The van der Waals surface area contributed by atoms with Gasteiger partial charge in [-0.2, -0.15) is 0 Å². The maximum Gasteiger partial charge on any atom is 0.414 e. The molecule has 19 heavy (non-hydrogen) atoms. The molecule has 1 aromatic rings. The Morgan fingerprint density at radius 1 is 1.53 bits per heavy atom. The molecule has 104 valence electrons. The van der Waals surface area contributed by atoms with Gasteiger partial charge in [-0.1, -0.05) is 11.6 Å². The van der Waals surface area contributed by atoms with Crippen molar-refractivity contribution < 1.29 is 14.5 Å². The second kappa shape index (κ2) is 5.40. The number of nitrogens with zero attached hydrogens (tertiary/aromatic N) is 3. The highest BCUT2D eigenvalue weighted by molar-refractivity contribution is 6.32. The molecule has 0 aliphatic carbocycles. The molecule has 0 unspecified atom stereocenters. The van der Waals surface area contributed by atoms with Gasteiger partial charge in [0.1, 0.15) is 11.3 Å². The Bertz CT molecular complexity index is 513. The normalized spacial score (nSPS) is 11.0. The van der Waals surface area contributed by atoms with Crippen LogP contribution in [-0.4, -0.2) is 28.6 Å². The summed E-state index contributed by atoms with van der Waals surface area (Å²) < 4.78 is 5.13. The van der Waals surface area contributed by atoms with E-state index in [0.717, 1.165) is 4.90 Å². The predicted octanol–water partition coefficient (Wildman–Crippen LogP) is 3.01. The number of pyridine rings is 1. The maximum absolute atomic E-state index is 11.9. The molecule has 0 fully saturated rings. The molecule has 1 aromatic heterocycles. The van der Waals surface area contributed by atoms with Crippen molar-refractivity contribution in [3.05, 3.63) is 27.5 Å². The number of halogens is 1. The summed E-state index contributed by atoms with van der Waals surface area (Å²) in [5, 5.41) is 10.7. The second-order valence-corrected chi connectivity index (χ2v) is 5.12. The minimum Gasteiger partial charge on any atom is -0.443 e. The van der Waals surface area contributed by atoms with Crippen LogP contribution in [0.15, 0.2) is 12.3 Å². The van der Waals surface area contributed by atoms with E-state index in [-0.39, 0.29) is 10.8 Å². The summed E-state index contributed by atoms with van der Waals surface area (Å²) in [5.41, 5.74) is -1.10. The van der Waals surface area contributed by atoms with E-state index < -0.39 is 22.3 Å². The van der Waals surface area contributed by atoms with Gasteiger partial charge in [-0.05, 0) is 26.8 Å². The van der Waals surface area contributed by atoms with E-state index in [4.69, 9.17) is 16.3 Å². The molecule has 0 N–H and O–H groups in total. The average molecular weight is 288 g/mol. The Morgan fingerprint density at radius 3 is 2.58 bits per heavy atom. The van der Waals surface area contributed by atoms with Crippen LogP contribution in [0.1, 0.15) is 20.8 Å². The zero-order valence-electron chi connectivity index (χ0n) is 11.0. The zero-order chi connectivity index (χ0) is 14.8. The molecule has 8 heteroatoms. The summed E-state index contributed by atoms with van der Waals surface area (Å²) >= 11 is 5.67. The first kappa shape index (κ1) is 15.2. The van der Waals surface area contributed by atoms with Gasteiger partial charge in [0.05, 0.1) is 4.92 Å². The van der Waals surface area contributed by atoms with Crippen LogP contribution in [0.4, 0.5) is 16.2 Å². The van der Waals surface area contributed by atoms with E-state index in [2.05, 4.69) is 4.98 Å². The fraction of sp³-hybridized carbons (Fsp3) is 0.455. The van der Waals surface area contributed by atoms with Crippen LogP contribution in [0.5, 0.6) is 0 Å². The van der Waals surface area contributed by atoms with Crippen LogP contribution >= 0.6 is 11.6 Å². The number of nitro groups is 1. The molecular weight excluding hydrogens is 274 g/mol. The van der Waals surface area contributed by atoms with Gasteiger partial charge < -0.3 is 4.74 Å². The third-order valence-corrected chi connectivity index (χ3v) is 2.35. The van der Waals surface area contributed by atoms with Gasteiger partial charge in [0.2, 0.25) is 5.15 Å². The predicted molar refractivity (Wildman–Crippen MR) is 70.5 cm³/mol. The Balaban J connectivity index is 3.13. The Hall–Kier alpha value is -1.89. The lowest BCUT2D eigenvalue weighted by Gasteiger charge is -2.24. The first-order valence-corrected chi connectivity index (χ1v) is 5.77. The van der Waals surface area contributed by atoms with Crippen molar-refractivity contribution in [1.29, 1.82) is 0 Å². The summed E-state index contributed by atoms with van der Waals surface area (Å²) in [6.45, 7) is 5.10. The van der Waals surface area contributed by atoms with Gasteiger partial charge in [0.25, 0.3) is 0 Å². The monoisotopic (exact) mass is 287 g/mol. The average Bonchev–Trinajstić information content (AvgIpc) is 2.24. The number of ether oxygens (including phenoxy) is 1. The van der Waals surface area contributed by atoms with E-state index in [9.17, 15) is 14.9 Å². The minimum absolute atomic E-state index is 0.0271. The summed E-state index contributed by atoms with van der Waals surface area (Å²) in [6, 6.07) is 1.33. The third kappa shape index (κ3) is 3.78. The molecule has 0 spiro atoms. The molecule has 7 nitrogen and oxygen atoms in total. The zero-order valence-corrected chi connectivity index (χ0v) is 11.8. The highest BCUT2D eigenvalue weighted by Gasteiger charge is 2.28. The number of aromatic nitrogens is 1. The van der Waals surface area contributed by atoms with E-state index in [1.165, 1.54) is 19.3 Å². The van der Waals surface area contributed by atoms with Gasteiger partial charge in [0.15, 0.2) is 0 Å². The number of hydrogen-bond donors (Lipinski definition) is 0. The van der Waals surface area contributed by atoms with E-state index >= 15 is 0 Å². The lowest BCUT2D eigenvalue weighted by Crippen LogP contribution is -2.34. The van der Waals surface area contributed by atoms with E-state index in [1.807, 2.05) is 0 Å². The van der Waals surface area contributed by atoms with Crippen LogP contribution in [0.25, 0.3) is 0 Å². The van der Waals surface area contributed by atoms with Gasteiger partial charge in [-0.15, -0.1) is 0 Å². The van der Waals surface area contributed by atoms with Crippen LogP contribution in [0, 0.1) is 10.1 Å². The summed E-state index contributed by atoms with van der Waals surface area (Å²) in [4.78, 5) is 26.8. The topological polar surface area (TPSA) is 85.6 Å². The van der Waals surface area contributed by atoms with Gasteiger partial charge in [-0.3, -0.25) is 15.0 Å². The minimum atomic E-state index is -0.710. The number of carbonyl (C=O) groups excluding carboxylic acids is 1. The van der Waals surface area contributed by atoms with Crippen molar-refractivity contribution in [3.63, 3.8) is 0 Å². The standard InChI is InChI=1S/C11H14ClN3O4/c1-11(2,3)19-10(16)14(4)7-5-6-13-9(12)8(7)15(17)18/h5-6H,1-4H3. The maximum atomic E-state index is 11.9. The highest BCUT2D eigenvalue weighted by Crippen LogP contribution is 2.33. The highest BCUT2D eigenvalue weighted by atomic mass is 35.5. The molecule has 0 aliphatic heterocycles. The molecule has 1 rings (SSSR count). The Morgan fingerprint density at radius 2 is 2.11 bits per heavy atom. The SMILES string of the molecule is CN(C(=O)OC(C)(C)C)c1ccnc(Cl)c1[N+](=O)[O-]. The number of rotatable bonds is 2. The van der Waals surface area contributed by atoms with Gasteiger partial charge >= 0.3 is 11.8 Å². The molecule has 0 aromatic carbocycles. The van der Waals surface area contributed by atoms with Crippen molar-refractivity contribution in [2.75, 3.05) is 11.9 Å². The number of carbonyl (C=O) groups is 1. The first-order chi connectivity index (χ1) is 8.63. The Labute approximate surface area is 115 Å². The fourth-order valence-electron chi connectivity index (χ4n) is 1.29. The fourth-order valence-corrected chi connectivity index (χ4v) is 1.51. The largest absolute Gasteiger partial charge is 0.443 e. The van der Waals surface area contributed by atoms with Crippen molar-refractivity contribution in [1.82, 2.24) is 4.98 Å². The van der Waals surface area contributed by atoms with Crippen LogP contribution in [0.2, 0.25) is 5.15 Å². The quantitative estimate of drug-likeness (QED) is 0.474. The molecule has 0 aliphatic rings. The molecule has 0 saturated carbocycles. The molecule has 0 atom stereocenters. The van der Waals surface area contributed by atoms with Crippen LogP contribution in [0.3, 0.4) is 0 Å². The molecule has 0 radical (unpaired) electrons. The summed E-state index contributed by atoms with van der Waals surface area (Å²) in [7, 11) is 1.37. The first-order valence-electron chi connectivity index (χ1n) is 5.39. The van der Waals surface area contributed by atoms with Gasteiger partial charge in [0, 0.05) is 13.2 Å². The van der Waals surface area contributed by atoms with Crippen molar-refractivity contribution in [2.24, 2.45) is 0 Å². The van der Waals surface area contributed by atoms with E-state index in [1.54, 1.807) is 20.8 Å². The number of amides is 1. The number of hydrogen-bond acceptors (Lipinski definition) is 5. The third-order valence-electron chi connectivity index (χ3n) is 2.07. The van der Waals surface area contributed by atoms with Gasteiger partial charge in [-0.25, -0.2) is 9.78 Å². The molecule has 0 saturated heterocycles. The summed E-state index contributed by atoms with van der Waals surface area (Å²) in [6.07, 6.45) is 0.573. The molecular formula is C11H14ClN3O4. The second-order valence-electron chi connectivity index (χ2n) is 4.77. The summed E-state index contributed by atoms with van der Waals surface area (Å²) in [5.74, 6) is 0. The Kier molecular flexibility index (Phi) is 4.31. The smallest absolute Gasteiger partial charge is 0.414 e. The van der Waals surface area contributed by atoms with Crippen molar-refractivity contribution >= 4 is 29.1 Å². The van der Waals surface area contributed by atoms with E-state index in [0.29, 0.717) is 0 Å². The van der Waals surface area contributed by atoms with Crippen molar-refractivity contribution in [3.8, 4) is 0 Å². The van der Waals surface area contributed by atoms with Crippen LogP contribution in [-0.2, 0) is 4.74 Å².